The van der Waals surface area contributed by atoms with Crippen molar-refractivity contribution in [3.05, 3.63) is 0 Å². The standard InChI is InChI=1S/C18H35NO3/c1-7-10-15(3)13-21-18(8-2)11-9-12-19(14-18)16(20)22-17(4,5)6/h15H,7-14H2,1-6H3. The first-order valence-electron chi connectivity index (χ1n) is 8.83. The highest BCUT2D eigenvalue weighted by molar-refractivity contribution is 5.68. The Balaban J connectivity index is 2.62. The lowest BCUT2D eigenvalue weighted by Crippen LogP contribution is -2.52. The van der Waals surface area contributed by atoms with Gasteiger partial charge < -0.3 is 14.4 Å². The number of piperidine rings is 1. The van der Waals surface area contributed by atoms with E-state index in [0.29, 0.717) is 12.5 Å². The van der Waals surface area contributed by atoms with Crippen LogP contribution in [0.5, 0.6) is 0 Å². The third-order valence-electron chi connectivity index (χ3n) is 4.29. The van der Waals surface area contributed by atoms with E-state index in [1.54, 1.807) is 0 Å². The summed E-state index contributed by atoms with van der Waals surface area (Å²) in [6, 6.07) is 0. The second kappa shape index (κ2) is 8.19. The van der Waals surface area contributed by atoms with Crippen LogP contribution in [-0.4, -0.2) is 41.9 Å². The lowest BCUT2D eigenvalue weighted by atomic mass is 9.90. The molecule has 22 heavy (non-hydrogen) atoms. The second-order valence-electron chi connectivity index (χ2n) is 7.75. The van der Waals surface area contributed by atoms with Crippen molar-refractivity contribution in [1.82, 2.24) is 4.90 Å². The SMILES string of the molecule is CCCC(C)COC1(CC)CCCN(C(=O)OC(C)(C)C)C1. The predicted octanol–water partition coefficient (Wildman–Crippen LogP) is 4.62. The maximum atomic E-state index is 12.3. The zero-order valence-electron chi connectivity index (χ0n) is 15.4. The maximum absolute atomic E-state index is 12.3. The topological polar surface area (TPSA) is 38.8 Å². The maximum Gasteiger partial charge on any atom is 0.410 e. The van der Waals surface area contributed by atoms with Crippen LogP contribution in [-0.2, 0) is 9.47 Å². The summed E-state index contributed by atoms with van der Waals surface area (Å²) in [7, 11) is 0. The van der Waals surface area contributed by atoms with E-state index in [-0.39, 0.29) is 11.7 Å². The van der Waals surface area contributed by atoms with E-state index in [9.17, 15) is 4.79 Å². The Morgan fingerprint density at radius 3 is 2.55 bits per heavy atom. The fraction of sp³-hybridized carbons (Fsp3) is 0.944. The fourth-order valence-electron chi connectivity index (χ4n) is 2.98. The van der Waals surface area contributed by atoms with Crippen LogP contribution in [0.15, 0.2) is 0 Å². The quantitative estimate of drug-likeness (QED) is 0.718. The first-order valence-corrected chi connectivity index (χ1v) is 8.83. The zero-order chi connectivity index (χ0) is 16.8. The molecule has 1 amide bonds. The highest BCUT2D eigenvalue weighted by Crippen LogP contribution is 2.30. The molecule has 0 aromatic heterocycles. The Morgan fingerprint density at radius 1 is 1.32 bits per heavy atom. The normalized spacial score (nSPS) is 24.2. The molecular formula is C18H35NO3. The van der Waals surface area contributed by atoms with E-state index in [4.69, 9.17) is 9.47 Å². The first kappa shape index (κ1) is 19.3. The van der Waals surface area contributed by atoms with Gasteiger partial charge in [-0.05, 0) is 52.4 Å². The largest absolute Gasteiger partial charge is 0.444 e. The first-order chi connectivity index (χ1) is 10.2. The van der Waals surface area contributed by atoms with Crippen molar-refractivity contribution in [3.63, 3.8) is 0 Å². The molecule has 0 aromatic rings. The molecule has 4 heteroatoms. The van der Waals surface area contributed by atoms with Crippen LogP contribution >= 0.6 is 0 Å². The van der Waals surface area contributed by atoms with E-state index in [1.807, 2.05) is 25.7 Å². The van der Waals surface area contributed by atoms with E-state index >= 15 is 0 Å². The molecule has 1 aliphatic heterocycles. The number of amides is 1. The average molecular weight is 313 g/mol. The minimum absolute atomic E-state index is 0.197. The fourth-order valence-corrected chi connectivity index (χ4v) is 2.98. The summed E-state index contributed by atoms with van der Waals surface area (Å²) in [4.78, 5) is 14.1. The predicted molar refractivity (Wildman–Crippen MR) is 90.1 cm³/mol. The number of carbonyl (C=O) groups is 1. The summed E-state index contributed by atoms with van der Waals surface area (Å²) in [5, 5.41) is 0. The molecule has 1 aliphatic rings. The third kappa shape index (κ3) is 6.15. The van der Waals surface area contributed by atoms with Crippen molar-refractivity contribution in [2.45, 2.75) is 84.8 Å². The number of rotatable bonds is 6. The lowest BCUT2D eigenvalue weighted by Gasteiger charge is -2.42. The van der Waals surface area contributed by atoms with E-state index < -0.39 is 5.60 Å². The van der Waals surface area contributed by atoms with Gasteiger partial charge in [0.15, 0.2) is 0 Å². The number of likely N-dealkylation sites (tertiary alicyclic amines) is 1. The van der Waals surface area contributed by atoms with Gasteiger partial charge in [0.1, 0.15) is 5.60 Å². The number of ether oxygens (including phenoxy) is 2. The van der Waals surface area contributed by atoms with Crippen LogP contribution in [0.25, 0.3) is 0 Å². The van der Waals surface area contributed by atoms with Crippen molar-refractivity contribution < 1.29 is 14.3 Å². The van der Waals surface area contributed by atoms with Crippen LogP contribution in [0.1, 0.15) is 73.6 Å². The molecular weight excluding hydrogens is 278 g/mol. The highest BCUT2D eigenvalue weighted by Gasteiger charge is 2.38. The molecule has 130 valence electrons. The molecule has 1 heterocycles. The van der Waals surface area contributed by atoms with Crippen molar-refractivity contribution in [2.75, 3.05) is 19.7 Å². The number of hydrogen-bond donors (Lipinski definition) is 0. The van der Waals surface area contributed by atoms with Crippen molar-refractivity contribution in [1.29, 1.82) is 0 Å². The molecule has 1 fully saturated rings. The summed E-state index contributed by atoms with van der Waals surface area (Å²) >= 11 is 0. The van der Waals surface area contributed by atoms with Crippen molar-refractivity contribution in [3.8, 4) is 0 Å². The van der Waals surface area contributed by atoms with Crippen molar-refractivity contribution in [2.24, 2.45) is 5.92 Å². The highest BCUT2D eigenvalue weighted by atomic mass is 16.6. The van der Waals surface area contributed by atoms with Gasteiger partial charge in [0.2, 0.25) is 0 Å². The number of nitrogens with zero attached hydrogens (tertiary/aromatic N) is 1. The summed E-state index contributed by atoms with van der Waals surface area (Å²) in [5.74, 6) is 0.574. The van der Waals surface area contributed by atoms with E-state index in [0.717, 1.165) is 32.4 Å². The summed E-state index contributed by atoms with van der Waals surface area (Å²) in [6.45, 7) is 14.5. The smallest absolute Gasteiger partial charge is 0.410 e. The Labute approximate surface area is 136 Å². The minimum Gasteiger partial charge on any atom is -0.444 e. The van der Waals surface area contributed by atoms with Gasteiger partial charge in [-0.15, -0.1) is 0 Å². The molecule has 4 nitrogen and oxygen atoms in total. The molecule has 0 spiro atoms. The van der Waals surface area contributed by atoms with Gasteiger partial charge in [-0.3, -0.25) is 0 Å². The summed E-state index contributed by atoms with van der Waals surface area (Å²) in [6.07, 6.45) is 5.11. The molecule has 0 bridgehead atoms. The van der Waals surface area contributed by atoms with E-state index in [2.05, 4.69) is 20.8 Å². The van der Waals surface area contributed by atoms with Crippen LogP contribution in [0.4, 0.5) is 4.79 Å². The van der Waals surface area contributed by atoms with Crippen LogP contribution in [0.2, 0.25) is 0 Å². The Bertz CT molecular complexity index is 351. The number of hydrogen-bond acceptors (Lipinski definition) is 3. The van der Waals surface area contributed by atoms with Gasteiger partial charge in [0.25, 0.3) is 0 Å². The lowest BCUT2D eigenvalue weighted by molar-refractivity contribution is -0.102. The molecule has 0 aromatic carbocycles. The van der Waals surface area contributed by atoms with E-state index in [1.165, 1.54) is 12.8 Å². The summed E-state index contributed by atoms with van der Waals surface area (Å²) in [5.41, 5.74) is -0.642. The van der Waals surface area contributed by atoms with Crippen LogP contribution < -0.4 is 0 Å². The molecule has 2 atom stereocenters. The molecule has 0 radical (unpaired) electrons. The van der Waals surface area contributed by atoms with Gasteiger partial charge >= 0.3 is 6.09 Å². The molecule has 2 unspecified atom stereocenters. The molecule has 0 N–H and O–H groups in total. The Hall–Kier alpha value is -0.770. The second-order valence-corrected chi connectivity index (χ2v) is 7.75. The van der Waals surface area contributed by atoms with Gasteiger partial charge in [-0.25, -0.2) is 4.79 Å². The average Bonchev–Trinajstić information content (AvgIpc) is 2.44. The Kier molecular flexibility index (Phi) is 7.17. The van der Waals surface area contributed by atoms with Crippen LogP contribution in [0, 0.1) is 5.92 Å². The summed E-state index contributed by atoms with van der Waals surface area (Å²) < 4.78 is 11.8. The van der Waals surface area contributed by atoms with Crippen LogP contribution in [0.3, 0.4) is 0 Å². The molecule has 0 saturated carbocycles. The van der Waals surface area contributed by atoms with Gasteiger partial charge in [-0.2, -0.15) is 0 Å². The zero-order valence-corrected chi connectivity index (χ0v) is 15.4. The molecule has 1 saturated heterocycles. The molecule has 0 aliphatic carbocycles. The van der Waals surface area contributed by atoms with Gasteiger partial charge in [-0.1, -0.05) is 27.2 Å². The third-order valence-corrected chi connectivity index (χ3v) is 4.29. The van der Waals surface area contributed by atoms with Gasteiger partial charge in [0.05, 0.1) is 12.1 Å². The van der Waals surface area contributed by atoms with Crippen molar-refractivity contribution >= 4 is 6.09 Å². The Morgan fingerprint density at radius 2 is 2.00 bits per heavy atom. The number of carbonyl (C=O) groups excluding carboxylic acids is 1. The molecule has 1 rings (SSSR count). The van der Waals surface area contributed by atoms with Gasteiger partial charge in [0, 0.05) is 13.2 Å². The monoisotopic (exact) mass is 313 g/mol. The minimum atomic E-state index is -0.445.